The molecule has 0 spiro atoms. The molecule has 0 aliphatic carbocycles. The number of hydrogen-bond acceptors (Lipinski definition) is 6. The van der Waals surface area contributed by atoms with Crippen LogP contribution in [0.4, 0.5) is 5.95 Å². The number of anilines is 1. The predicted octanol–water partition coefficient (Wildman–Crippen LogP) is 0.145. The van der Waals surface area contributed by atoms with Crippen molar-refractivity contribution in [2.24, 2.45) is 0 Å². The number of hydrogen-bond donors (Lipinski definition) is 0. The number of piperazine rings is 1. The van der Waals surface area contributed by atoms with Gasteiger partial charge in [-0.05, 0) is 12.8 Å². The van der Waals surface area contributed by atoms with Crippen molar-refractivity contribution in [3.63, 3.8) is 0 Å². The highest BCUT2D eigenvalue weighted by Crippen LogP contribution is 2.21. The van der Waals surface area contributed by atoms with Gasteiger partial charge in [-0.25, -0.2) is 4.98 Å². The van der Waals surface area contributed by atoms with E-state index in [4.69, 9.17) is 4.74 Å². The van der Waals surface area contributed by atoms with Gasteiger partial charge in [-0.3, -0.25) is 9.59 Å². The predicted molar refractivity (Wildman–Crippen MR) is 87.8 cm³/mol. The number of rotatable bonds is 3. The summed E-state index contributed by atoms with van der Waals surface area (Å²) in [4.78, 5) is 38.6. The molecule has 1 aromatic rings. The number of carbonyl (C=O) groups is 2. The molecule has 8 nitrogen and oxygen atoms in total. The van der Waals surface area contributed by atoms with Crippen LogP contribution in [-0.2, 0) is 9.59 Å². The molecule has 0 bridgehead atoms. The summed E-state index contributed by atoms with van der Waals surface area (Å²) < 4.78 is 5.13. The van der Waals surface area contributed by atoms with Gasteiger partial charge in [0.1, 0.15) is 6.04 Å². The molecule has 2 fully saturated rings. The highest BCUT2D eigenvalue weighted by Gasteiger charge is 2.36. The second-order valence-electron chi connectivity index (χ2n) is 6.08. The highest BCUT2D eigenvalue weighted by molar-refractivity contribution is 5.87. The second kappa shape index (κ2) is 7.02. The first-order chi connectivity index (χ1) is 11.6. The van der Waals surface area contributed by atoms with Crippen LogP contribution in [0.1, 0.15) is 19.8 Å². The SMILES string of the molecule is COc1ccnc(N2CCN(C(=O)[C@@H]3CCCN3C(C)=O)CC2)n1. The zero-order chi connectivity index (χ0) is 17.1. The van der Waals surface area contributed by atoms with Crippen molar-refractivity contribution >= 4 is 17.8 Å². The molecule has 2 amide bonds. The summed E-state index contributed by atoms with van der Waals surface area (Å²) in [6, 6.07) is 1.42. The minimum atomic E-state index is -0.290. The Morgan fingerprint density at radius 1 is 1.21 bits per heavy atom. The van der Waals surface area contributed by atoms with Gasteiger partial charge >= 0.3 is 0 Å². The lowest BCUT2D eigenvalue weighted by molar-refractivity contribution is -0.143. The zero-order valence-corrected chi connectivity index (χ0v) is 14.1. The summed E-state index contributed by atoms with van der Waals surface area (Å²) in [5.74, 6) is 1.19. The Balaban J connectivity index is 1.60. The van der Waals surface area contributed by atoms with Crippen molar-refractivity contribution in [2.75, 3.05) is 44.7 Å². The summed E-state index contributed by atoms with van der Waals surface area (Å²) in [5, 5.41) is 0. The summed E-state index contributed by atoms with van der Waals surface area (Å²) in [5.41, 5.74) is 0. The van der Waals surface area contributed by atoms with E-state index in [9.17, 15) is 9.59 Å². The normalized spacial score (nSPS) is 21.1. The molecule has 1 aromatic heterocycles. The Hall–Kier alpha value is -2.38. The maximum Gasteiger partial charge on any atom is 0.245 e. The number of likely N-dealkylation sites (tertiary alicyclic amines) is 1. The van der Waals surface area contributed by atoms with Crippen LogP contribution in [0.3, 0.4) is 0 Å². The number of nitrogens with zero attached hydrogens (tertiary/aromatic N) is 5. The van der Waals surface area contributed by atoms with Crippen molar-refractivity contribution in [1.82, 2.24) is 19.8 Å². The monoisotopic (exact) mass is 333 g/mol. The first-order valence-electron chi connectivity index (χ1n) is 8.28. The molecular weight excluding hydrogens is 310 g/mol. The molecule has 0 radical (unpaired) electrons. The molecule has 3 rings (SSSR count). The van der Waals surface area contributed by atoms with Crippen molar-refractivity contribution in [2.45, 2.75) is 25.8 Å². The lowest BCUT2D eigenvalue weighted by Crippen LogP contribution is -2.54. The topological polar surface area (TPSA) is 78.9 Å². The molecule has 2 aliphatic rings. The number of ether oxygens (including phenoxy) is 1. The van der Waals surface area contributed by atoms with E-state index in [-0.39, 0.29) is 17.9 Å². The van der Waals surface area contributed by atoms with Crippen LogP contribution >= 0.6 is 0 Å². The Morgan fingerprint density at radius 3 is 2.62 bits per heavy atom. The minimum absolute atomic E-state index is 0.0192. The fourth-order valence-electron chi connectivity index (χ4n) is 3.34. The number of aromatic nitrogens is 2. The largest absolute Gasteiger partial charge is 0.481 e. The van der Waals surface area contributed by atoms with E-state index >= 15 is 0 Å². The van der Waals surface area contributed by atoms with E-state index in [1.54, 1.807) is 24.3 Å². The average Bonchev–Trinajstić information content (AvgIpc) is 3.11. The second-order valence-corrected chi connectivity index (χ2v) is 6.08. The van der Waals surface area contributed by atoms with E-state index in [2.05, 4.69) is 9.97 Å². The fraction of sp³-hybridized carbons (Fsp3) is 0.625. The molecule has 0 unspecified atom stereocenters. The number of carbonyl (C=O) groups excluding carboxylic acids is 2. The highest BCUT2D eigenvalue weighted by atomic mass is 16.5. The Bertz CT molecular complexity index is 615. The fourth-order valence-corrected chi connectivity index (χ4v) is 3.34. The summed E-state index contributed by atoms with van der Waals surface area (Å²) in [6.45, 7) is 4.79. The summed E-state index contributed by atoms with van der Waals surface area (Å²) >= 11 is 0. The number of amides is 2. The molecule has 0 saturated carbocycles. The minimum Gasteiger partial charge on any atom is -0.481 e. The van der Waals surface area contributed by atoms with Gasteiger partial charge in [0, 0.05) is 51.9 Å². The van der Waals surface area contributed by atoms with Crippen molar-refractivity contribution < 1.29 is 14.3 Å². The molecule has 130 valence electrons. The van der Waals surface area contributed by atoms with Gasteiger partial charge in [-0.15, -0.1) is 0 Å². The zero-order valence-electron chi connectivity index (χ0n) is 14.1. The Morgan fingerprint density at radius 2 is 1.96 bits per heavy atom. The van der Waals surface area contributed by atoms with Crippen LogP contribution in [0.2, 0.25) is 0 Å². The molecule has 3 heterocycles. The van der Waals surface area contributed by atoms with Crippen LogP contribution < -0.4 is 9.64 Å². The van der Waals surface area contributed by atoms with Crippen LogP contribution in [0.25, 0.3) is 0 Å². The maximum absolute atomic E-state index is 12.7. The molecule has 1 atom stereocenters. The van der Waals surface area contributed by atoms with Crippen molar-refractivity contribution in [1.29, 1.82) is 0 Å². The summed E-state index contributed by atoms with van der Waals surface area (Å²) in [6.07, 6.45) is 3.33. The third kappa shape index (κ3) is 3.27. The smallest absolute Gasteiger partial charge is 0.245 e. The lowest BCUT2D eigenvalue weighted by atomic mass is 10.1. The molecular formula is C16H23N5O3. The van der Waals surface area contributed by atoms with E-state index in [1.807, 2.05) is 9.80 Å². The third-order valence-electron chi connectivity index (χ3n) is 4.64. The van der Waals surface area contributed by atoms with Gasteiger partial charge in [0.05, 0.1) is 7.11 Å². The van der Waals surface area contributed by atoms with Gasteiger partial charge in [-0.2, -0.15) is 4.98 Å². The average molecular weight is 333 g/mol. The standard InChI is InChI=1S/C16H23N5O3/c1-12(22)21-7-3-4-13(21)15(23)19-8-10-20(11-9-19)16-17-6-5-14(18-16)24-2/h5-6,13H,3-4,7-11H2,1-2H3/t13-/m0/s1. The third-order valence-corrected chi connectivity index (χ3v) is 4.64. The number of methoxy groups -OCH3 is 1. The van der Waals surface area contributed by atoms with Gasteiger partial charge in [-0.1, -0.05) is 0 Å². The van der Waals surface area contributed by atoms with Gasteiger partial charge in [0.2, 0.25) is 23.6 Å². The van der Waals surface area contributed by atoms with Crippen molar-refractivity contribution in [3.8, 4) is 5.88 Å². The molecule has 0 N–H and O–H groups in total. The van der Waals surface area contributed by atoms with Gasteiger partial charge in [0.15, 0.2) is 0 Å². The molecule has 2 aliphatic heterocycles. The first-order valence-corrected chi connectivity index (χ1v) is 8.28. The maximum atomic E-state index is 12.7. The Kier molecular flexibility index (Phi) is 4.82. The van der Waals surface area contributed by atoms with Crippen LogP contribution in [0.5, 0.6) is 5.88 Å². The van der Waals surface area contributed by atoms with Crippen LogP contribution in [0.15, 0.2) is 12.3 Å². The van der Waals surface area contributed by atoms with Crippen LogP contribution in [-0.4, -0.2) is 77.5 Å². The van der Waals surface area contributed by atoms with Gasteiger partial charge < -0.3 is 19.4 Å². The van der Waals surface area contributed by atoms with E-state index < -0.39 is 0 Å². The van der Waals surface area contributed by atoms with E-state index in [0.29, 0.717) is 44.6 Å². The molecule has 8 heteroatoms. The lowest BCUT2D eigenvalue weighted by Gasteiger charge is -2.37. The van der Waals surface area contributed by atoms with E-state index in [0.717, 1.165) is 12.8 Å². The van der Waals surface area contributed by atoms with Crippen LogP contribution in [0, 0.1) is 0 Å². The molecule has 2 saturated heterocycles. The van der Waals surface area contributed by atoms with E-state index in [1.165, 1.54) is 6.92 Å². The van der Waals surface area contributed by atoms with Gasteiger partial charge in [0.25, 0.3) is 0 Å². The molecule has 24 heavy (non-hydrogen) atoms. The quantitative estimate of drug-likeness (QED) is 0.783. The summed E-state index contributed by atoms with van der Waals surface area (Å²) in [7, 11) is 1.57. The Labute approximate surface area is 141 Å². The van der Waals surface area contributed by atoms with Crippen molar-refractivity contribution in [3.05, 3.63) is 12.3 Å². The first kappa shape index (κ1) is 16.5. The molecule has 0 aromatic carbocycles.